The van der Waals surface area contributed by atoms with Crippen LogP contribution in [0.5, 0.6) is 0 Å². The first-order chi connectivity index (χ1) is 14.9. The van der Waals surface area contributed by atoms with Crippen LogP contribution in [0.2, 0.25) is 23.3 Å². The van der Waals surface area contributed by atoms with E-state index in [4.69, 9.17) is 30.2 Å². The highest BCUT2D eigenvalue weighted by Gasteiger charge is 2.37. The Kier molecular flexibility index (Phi) is 7.17. The van der Waals surface area contributed by atoms with E-state index >= 15 is 0 Å². The van der Waals surface area contributed by atoms with Gasteiger partial charge in [-0.3, -0.25) is 4.40 Å². The average Bonchev–Trinajstić information content (AvgIpc) is 3.31. The highest BCUT2D eigenvalue weighted by Crippen LogP contribution is 2.37. The predicted octanol–water partition coefficient (Wildman–Crippen LogP) is 6.33. The van der Waals surface area contributed by atoms with Gasteiger partial charge in [-0.2, -0.15) is 0 Å². The molecular weight excluding hydrogens is 446 g/mol. The number of furan rings is 1. The first kappa shape index (κ1) is 24.5. The topological polar surface area (TPSA) is 78.9 Å². The Morgan fingerprint density at radius 3 is 2.69 bits per heavy atom. The predicted molar refractivity (Wildman–Crippen MR) is 128 cm³/mol. The Morgan fingerprint density at radius 1 is 1.31 bits per heavy atom. The fraction of sp³-hybridized carbons (Fsp3) is 0.522. The number of esters is 1. The quantitative estimate of drug-likeness (QED) is 0.278. The Labute approximate surface area is 195 Å². The maximum atomic E-state index is 12.0. The van der Waals surface area contributed by atoms with E-state index in [9.17, 15) is 4.79 Å². The number of carbonyl (C=O) groups is 1. The van der Waals surface area contributed by atoms with Gasteiger partial charge in [-0.05, 0) is 43.6 Å². The maximum absolute atomic E-state index is 12.0. The molecule has 0 aliphatic rings. The lowest BCUT2D eigenvalue weighted by molar-refractivity contribution is 0.0491. The summed E-state index contributed by atoms with van der Waals surface area (Å²) in [6, 6.07) is 3.32. The van der Waals surface area contributed by atoms with Gasteiger partial charge < -0.3 is 13.6 Å². The van der Waals surface area contributed by atoms with Gasteiger partial charge in [0.1, 0.15) is 16.7 Å². The van der Waals surface area contributed by atoms with Crippen LogP contribution >= 0.6 is 11.6 Å². The smallest absolute Gasteiger partial charge is 0.374 e. The van der Waals surface area contributed by atoms with Gasteiger partial charge in [0.15, 0.2) is 14.1 Å². The summed E-state index contributed by atoms with van der Waals surface area (Å²) in [4.78, 5) is 21.1. The van der Waals surface area contributed by atoms with Gasteiger partial charge in [0.2, 0.25) is 5.76 Å². The van der Waals surface area contributed by atoms with Crippen LogP contribution in [0.3, 0.4) is 0 Å². The van der Waals surface area contributed by atoms with Crippen LogP contribution in [0.15, 0.2) is 28.9 Å². The molecule has 3 aromatic heterocycles. The summed E-state index contributed by atoms with van der Waals surface area (Å²) in [7, 11) is -1.81. The van der Waals surface area contributed by atoms with E-state index in [1.165, 1.54) is 0 Å². The fourth-order valence-electron chi connectivity index (χ4n) is 3.13. The van der Waals surface area contributed by atoms with E-state index in [1.54, 1.807) is 31.5 Å². The Hall–Kier alpha value is -2.16. The van der Waals surface area contributed by atoms with Crippen LogP contribution in [-0.2, 0) is 9.16 Å². The van der Waals surface area contributed by atoms with E-state index in [0.717, 1.165) is 17.8 Å². The number of hydrogen-bond donors (Lipinski definition) is 0. The van der Waals surface area contributed by atoms with Gasteiger partial charge in [0.05, 0.1) is 18.3 Å². The summed E-state index contributed by atoms with van der Waals surface area (Å²) >= 11 is 6.18. The maximum Gasteiger partial charge on any atom is 0.374 e. The molecule has 0 radical (unpaired) electrons. The Morgan fingerprint density at radius 2 is 2.03 bits per heavy atom. The molecule has 174 valence electrons. The van der Waals surface area contributed by atoms with Crippen molar-refractivity contribution >= 4 is 31.4 Å². The molecule has 0 bridgehead atoms. The zero-order valence-electron chi connectivity index (χ0n) is 19.9. The Balaban J connectivity index is 1.88. The lowest BCUT2D eigenvalue weighted by atomic mass is 10.1. The van der Waals surface area contributed by atoms with Gasteiger partial charge in [-0.1, -0.05) is 39.3 Å². The Bertz CT molecular complexity index is 1100. The number of rotatable bonds is 8. The zero-order chi connectivity index (χ0) is 23.7. The number of ether oxygens (including phenoxy) is 1. The van der Waals surface area contributed by atoms with Gasteiger partial charge in [0, 0.05) is 18.7 Å². The minimum Gasteiger partial charge on any atom is -0.460 e. The van der Waals surface area contributed by atoms with E-state index < -0.39 is 14.3 Å². The summed E-state index contributed by atoms with van der Waals surface area (Å²) in [5, 5.41) is 0.539. The number of carbonyl (C=O) groups excluding carboxylic acids is 1. The van der Waals surface area contributed by atoms with Crippen molar-refractivity contribution in [1.29, 1.82) is 0 Å². The third kappa shape index (κ3) is 5.08. The molecule has 3 heterocycles. The molecule has 3 aromatic rings. The lowest BCUT2D eigenvalue weighted by Crippen LogP contribution is -2.41. The molecule has 0 saturated heterocycles. The second-order valence-electron chi connectivity index (χ2n) is 9.47. The second-order valence-corrected chi connectivity index (χ2v) is 14.7. The van der Waals surface area contributed by atoms with E-state index in [0.29, 0.717) is 23.2 Å². The standard InChI is InChI=1S/C23H32ClN3O4Si/c1-8-29-22(28)18-10-9-17(31-18)20-16-13-25-19(24)14-27(16)21(26-20)15(2)11-12-30-32(6,7)23(3,4)5/h9-10,13-15H,8,11-12H2,1-7H3/t15-/m0/s1. The van der Waals surface area contributed by atoms with Crippen molar-refractivity contribution in [1.82, 2.24) is 14.4 Å². The number of imidazole rings is 1. The number of nitrogens with zero attached hydrogens (tertiary/aromatic N) is 3. The molecule has 1 atom stereocenters. The van der Waals surface area contributed by atoms with Crippen LogP contribution in [-0.4, -0.2) is 41.9 Å². The third-order valence-electron chi connectivity index (χ3n) is 6.10. The molecule has 0 N–H and O–H groups in total. The second kappa shape index (κ2) is 9.37. The highest BCUT2D eigenvalue weighted by molar-refractivity contribution is 6.74. The van der Waals surface area contributed by atoms with E-state index in [1.807, 2.05) is 4.40 Å². The zero-order valence-corrected chi connectivity index (χ0v) is 21.6. The molecule has 0 fully saturated rings. The SMILES string of the molecule is CCOC(=O)c1ccc(-c2nc([C@@H](C)CCO[Si](C)(C)C(C)(C)C)n3cc(Cl)ncc23)o1. The summed E-state index contributed by atoms with van der Waals surface area (Å²) in [6.45, 7) is 16.0. The van der Waals surface area contributed by atoms with Crippen molar-refractivity contribution < 1.29 is 18.4 Å². The van der Waals surface area contributed by atoms with Crippen molar-refractivity contribution in [3.05, 3.63) is 41.3 Å². The lowest BCUT2D eigenvalue weighted by Gasteiger charge is -2.36. The van der Waals surface area contributed by atoms with Crippen LogP contribution in [0.25, 0.3) is 17.0 Å². The van der Waals surface area contributed by atoms with Crippen molar-refractivity contribution in [3.8, 4) is 11.5 Å². The average molecular weight is 478 g/mol. The molecule has 0 saturated carbocycles. The molecule has 0 spiro atoms. The third-order valence-corrected chi connectivity index (χ3v) is 10.8. The van der Waals surface area contributed by atoms with Crippen molar-refractivity contribution in [2.45, 2.75) is 65.1 Å². The molecule has 0 amide bonds. The van der Waals surface area contributed by atoms with Gasteiger partial charge in [-0.25, -0.2) is 14.8 Å². The normalized spacial score (nSPS) is 13.5. The first-order valence-electron chi connectivity index (χ1n) is 10.9. The summed E-state index contributed by atoms with van der Waals surface area (Å²) in [6.07, 6.45) is 4.24. The first-order valence-corrected chi connectivity index (χ1v) is 14.2. The summed E-state index contributed by atoms with van der Waals surface area (Å²) in [5.41, 5.74) is 1.36. The number of hydrogen-bond acceptors (Lipinski definition) is 6. The summed E-state index contributed by atoms with van der Waals surface area (Å²) in [5.74, 6) is 1.07. The van der Waals surface area contributed by atoms with Gasteiger partial charge >= 0.3 is 5.97 Å². The number of aromatic nitrogens is 3. The molecule has 0 aromatic carbocycles. The van der Waals surface area contributed by atoms with Crippen LogP contribution in [0, 0.1) is 0 Å². The molecule has 32 heavy (non-hydrogen) atoms. The molecular formula is C23H32ClN3O4Si. The minimum atomic E-state index is -1.81. The molecule has 0 aliphatic carbocycles. The number of halogens is 1. The van der Waals surface area contributed by atoms with Gasteiger partial charge in [-0.15, -0.1) is 0 Å². The largest absolute Gasteiger partial charge is 0.460 e. The molecule has 7 nitrogen and oxygen atoms in total. The van der Waals surface area contributed by atoms with E-state index in [2.05, 4.69) is 45.8 Å². The van der Waals surface area contributed by atoms with Crippen LogP contribution < -0.4 is 0 Å². The number of fused-ring (bicyclic) bond motifs is 1. The van der Waals surface area contributed by atoms with Crippen molar-refractivity contribution in [3.63, 3.8) is 0 Å². The van der Waals surface area contributed by atoms with Crippen LogP contribution in [0.4, 0.5) is 0 Å². The van der Waals surface area contributed by atoms with Crippen molar-refractivity contribution in [2.24, 2.45) is 0 Å². The monoisotopic (exact) mass is 477 g/mol. The molecule has 3 rings (SSSR count). The molecule has 0 unspecified atom stereocenters. The van der Waals surface area contributed by atoms with E-state index in [-0.39, 0.29) is 23.3 Å². The van der Waals surface area contributed by atoms with Crippen LogP contribution in [0.1, 0.15) is 63.3 Å². The summed E-state index contributed by atoms with van der Waals surface area (Å²) < 4.78 is 19.1. The molecule has 0 aliphatic heterocycles. The minimum absolute atomic E-state index is 0.110. The fourth-order valence-corrected chi connectivity index (χ4v) is 4.33. The highest BCUT2D eigenvalue weighted by atomic mass is 35.5. The molecule has 9 heteroatoms. The van der Waals surface area contributed by atoms with Gasteiger partial charge in [0.25, 0.3) is 0 Å². The van der Waals surface area contributed by atoms with Crippen molar-refractivity contribution in [2.75, 3.05) is 13.2 Å².